The number of para-hydroxylation sites is 1. The zero-order valence-electron chi connectivity index (χ0n) is 19.1. The number of hydrogen-bond acceptors (Lipinski definition) is 7. The van der Waals surface area contributed by atoms with Crippen molar-refractivity contribution in [3.05, 3.63) is 72.6 Å². The number of fused-ring (bicyclic) bond motifs is 1. The number of anilines is 2. The predicted octanol–water partition coefficient (Wildman–Crippen LogP) is 6.24. The average molecular weight is 485 g/mol. The van der Waals surface area contributed by atoms with Crippen LogP contribution in [-0.2, 0) is 4.79 Å². The number of aromatic nitrogens is 2. The number of methoxy groups -OCH3 is 2. The number of halogens is 3. The number of benzene rings is 3. The maximum absolute atomic E-state index is 10.4. The molecule has 0 saturated heterocycles. The summed E-state index contributed by atoms with van der Waals surface area (Å²) < 4.78 is 47.9. The lowest BCUT2D eigenvalue weighted by Crippen LogP contribution is -2.07. The number of aryl methyl sites for hydroxylation is 1. The molecule has 0 atom stereocenters. The molecule has 0 aliphatic rings. The minimum absolute atomic E-state index is 0.626. The number of nitrogens with zero attached hydrogens (tertiary/aromatic N) is 2. The topological polar surface area (TPSA) is 82.6 Å². The molecule has 182 valence electrons. The molecular weight excluding hydrogens is 463 g/mol. The molecule has 1 N–H and O–H groups in total. The molecule has 0 spiro atoms. The van der Waals surface area contributed by atoms with E-state index in [1.807, 2.05) is 67.6 Å². The van der Waals surface area contributed by atoms with Crippen molar-refractivity contribution in [1.29, 1.82) is 0 Å². The molecule has 3 aromatic carbocycles. The summed E-state index contributed by atoms with van der Waals surface area (Å²) in [6.45, 7) is 2.02. The summed E-state index contributed by atoms with van der Waals surface area (Å²) in [7, 11) is 3.21. The smallest absolute Gasteiger partial charge is 0.446 e. The zero-order valence-corrected chi connectivity index (χ0v) is 19.1. The van der Waals surface area contributed by atoms with Gasteiger partial charge in [0, 0.05) is 17.1 Å². The molecule has 0 aliphatic heterocycles. The molecule has 0 bridgehead atoms. The molecular formula is C25H22F3N3O4. The third-order valence-electron chi connectivity index (χ3n) is 4.70. The normalized spacial score (nSPS) is 10.7. The molecule has 1 aromatic heterocycles. The Bertz CT molecular complexity index is 1300. The Kier molecular flexibility index (Phi) is 8.08. The number of hydrogen-bond donors (Lipinski definition) is 1. The molecule has 4 rings (SSSR count). The van der Waals surface area contributed by atoms with Crippen LogP contribution in [0.15, 0.2) is 67.0 Å². The molecule has 0 radical (unpaired) electrons. The van der Waals surface area contributed by atoms with Gasteiger partial charge < -0.3 is 19.5 Å². The largest absolute Gasteiger partial charge is 0.493 e. The Morgan fingerprint density at radius 1 is 0.886 bits per heavy atom. The summed E-state index contributed by atoms with van der Waals surface area (Å²) in [6, 6.07) is 19.3. The number of carbonyl (C=O) groups excluding carboxylic acids is 1. The van der Waals surface area contributed by atoms with Gasteiger partial charge in [0.15, 0.2) is 11.5 Å². The van der Waals surface area contributed by atoms with Gasteiger partial charge in [-0.3, -0.25) is 4.79 Å². The van der Waals surface area contributed by atoms with E-state index in [1.165, 1.54) is 6.33 Å². The Morgan fingerprint density at radius 3 is 2.14 bits per heavy atom. The SMILES string of the molecule is COc1cc2ncnc(Nc3ccc(Oc4ccccc4)cc3C)c2cc1OC.O=CC(F)(F)F. The molecule has 0 aliphatic carbocycles. The number of nitrogens with one attached hydrogen (secondary N) is 1. The Morgan fingerprint density at radius 2 is 1.54 bits per heavy atom. The Balaban J connectivity index is 0.000000509. The van der Waals surface area contributed by atoms with E-state index in [9.17, 15) is 13.2 Å². The van der Waals surface area contributed by atoms with Gasteiger partial charge in [-0.15, -0.1) is 0 Å². The van der Waals surface area contributed by atoms with E-state index in [0.717, 1.165) is 33.7 Å². The van der Waals surface area contributed by atoms with Crippen LogP contribution in [0, 0.1) is 6.92 Å². The molecule has 0 amide bonds. The maximum Gasteiger partial charge on any atom is 0.446 e. The summed E-state index contributed by atoms with van der Waals surface area (Å²) in [6.07, 6.45) is -4.17. The molecule has 1 heterocycles. The lowest BCUT2D eigenvalue weighted by Gasteiger charge is -2.14. The molecule has 35 heavy (non-hydrogen) atoms. The highest BCUT2D eigenvalue weighted by molar-refractivity contribution is 5.93. The van der Waals surface area contributed by atoms with Crippen molar-refractivity contribution < 1.29 is 32.2 Å². The molecule has 4 aromatic rings. The standard InChI is InChI=1S/C23H21N3O3.C2HF3O/c1-15-11-17(29-16-7-5-4-6-8-16)9-10-19(15)26-23-18-12-21(27-2)22(28-3)13-20(18)24-14-25-23;3-2(4,5)1-6/h4-14H,1-3H3,(H,24,25,26);1H. The van der Waals surface area contributed by atoms with E-state index in [1.54, 1.807) is 14.2 Å². The van der Waals surface area contributed by atoms with Gasteiger partial charge in [0.25, 0.3) is 0 Å². The third-order valence-corrected chi connectivity index (χ3v) is 4.70. The summed E-state index contributed by atoms with van der Waals surface area (Å²) in [5.41, 5.74) is 2.73. The summed E-state index contributed by atoms with van der Waals surface area (Å²) >= 11 is 0. The number of carbonyl (C=O) groups is 1. The van der Waals surface area contributed by atoms with Gasteiger partial charge in [-0.1, -0.05) is 18.2 Å². The van der Waals surface area contributed by atoms with Crippen LogP contribution in [0.1, 0.15) is 5.56 Å². The summed E-state index contributed by atoms with van der Waals surface area (Å²) in [5.74, 6) is 3.52. The third kappa shape index (κ3) is 6.83. The second-order valence-corrected chi connectivity index (χ2v) is 7.12. The second kappa shape index (κ2) is 11.2. The summed E-state index contributed by atoms with van der Waals surface area (Å²) in [4.78, 5) is 17.5. The lowest BCUT2D eigenvalue weighted by atomic mass is 10.1. The average Bonchev–Trinajstić information content (AvgIpc) is 2.85. The van der Waals surface area contributed by atoms with Crippen LogP contribution in [0.3, 0.4) is 0 Å². The van der Waals surface area contributed by atoms with Gasteiger partial charge in [-0.25, -0.2) is 9.97 Å². The highest BCUT2D eigenvalue weighted by Crippen LogP contribution is 2.35. The zero-order chi connectivity index (χ0) is 25.4. The fourth-order valence-corrected chi connectivity index (χ4v) is 3.07. The number of alkyl halides is 3. The van der Waals surface area contributed by atoms with Crippen LogP contribution >= 0.6 is 0 Å². The van der Waals surface area contributed by atoms with Gasteiger partial charge >= 0.3 is 6.18 Å². The summed E-state index contributed by atoms with van der Waals surface area (Å²) in [5, 5.41) is 4.23. The Labute approximate surface area is 199 Å². The highest BCUT2D eigenvalue weighted by atomic mass is 19.4. The van der Waals surface area contributed by atoms with Gasteiger partial charge in [0.1, 0.15) is 23.6 Å². The Hall–Kier alpha value is -4.34. The molecule has 10 heteroatoms. The van der Waals surface area contributed by atoms with E-state index < -0.39 is 12.5 Å². The van der Waals surface area contributed by atoms with Gasteiger partial charge in [-0.2, -0.15) is 13.2 Å². The van der Waals surface area contributed by atoms with Crippen molar-refractivity contribution >= 4 is 28.7 Å². The van der Waals surface area contributed by atoms with Crippen LogP contribution in [0.5, 0.6) is 23.0 Å². The highest BCUT2D eigenvalue weighted by Gasteiger charge is 2.24. The van der Waals surface area contributed by atoms with E-state index in [4.69, 9.17) is 19.0 Å². The van der Waals surface area contributed by atoms with E-state index in [2.05, 4.69) is 15.3 Å². The van der Waals surface area contributed by atoms with Crippen molar-refractivity contribution in [3.63, 3.8) is 0 Å². The van der Waals surface area contributed by atoms with Crippen molar-refractivity contribution in [2.45, 2.75) is 13.1 Å². The monoisotopic (exact) mass is 485 g/mol. The van der Waals surface area contributed by atoms with Crippen molar-refractivity contribution in [2.75, 3.05) is 19.5 Å². The van der Waals surface area contributed by atoms with Crippen LogP contribution in [0.25, 0.3) is 10.9 Å². The number of ether oxygens (including phenoxy) is 3. The predicted molar refractivity (Wildman–Crippen MR) is 126 cm³/mol. The quantitative estimate of drug-likeness (QED) is 0.324. The first-order valence-electron chi connectivity index (χ1n) is 10.2. The molecule has 7 nitrogen and oxygen atoms in total. The van der Waals surface area contributed by atoms with Gasteiger partial charge in [-0.05, 0) is 48.9 Å². The van der Waals surface area contributed by atoms with E-state index in [-0.39, 0.29) is 0 Å². The maximum atomic E-state index is 10.4. The number of rotatable bonds is 6. The van der Waals surface area contributed by atoms with Gasteiger partial charge in [0.05, 0.1) is 19.7 Å². The first-order valence-corrected chi connectivity index (χ1v) is 10.2. The number of aldehydes is 1. The van der Waals surface area contributed by atoms with Gasteiger partial charge in [0.2, 0.25) is 6.29 Å². The molecule has 0 fully saturated rings. The second-order valence-electron chi connectivity index (χ2n) is 7.12. The van der Waals surface area contributed by atoms with E-state index in [0.29, 0.717) is 17.3 Å². The fraction of sp³-hybridized carbons (Fsp3) is 0.160. The van der Waals surface area contributed by atoms with Crippen LogP contribution in [0.4, 0.5) is 24.7 Å². The van der Waals surface area contributed by atoms with Crippen molar-refractivity contribution in [3.8, 4) is 23.0 Å². The van der Waals surface area contributed by atoms with Crippen molar-refractivity contribution in [2.24, 2.45) is 0 Å². The fourth-order valence-electron chi connectivity index (χ4n) is 3.07. The van der Waals surface area contributed by atoms with E-state index >= 15 is 0 Å². The van der Waals surface area contributed by atoms with Crippen LogP contribution < -0.4 is 19.5 Å². The minimum Gasteiger partial charge on any atom is -0.493 e. The van der Waals surface area contributed by atoms with Crippen molar-refractivity contribution in [1.82, 2.24) is 9.97 Å². The first-order chi connectivity index (χ1) is 16.7. The lowest BCUT2D eigenvalue weighted by molar-refractivity contribution is -0.156. The minimum atomic E-state index is -4.64. The molecule has 0 saturated carbocycles. The molecule has 0 unspecified atom stereocenters. The van der Waals surface area contributed by atoms with Crippen LogP contribution in [0.2, 0.25) is 0 Å². The first kappa shape index (κ1) is 25.3. The van der Waals surface area contributed by atoms with Crippen LogP contribution in [-0.4, -0.2) is 36.7 Å².